The molecule has 1 atom stereocenters. The molecule has 0 radical (unpaired) electrons. The van der Waals surface area contributed by atoms with Crippen LogP contribution in [0.4, 0.5) is 0 Å². The Morgan fingerprint density at radius 2 is 1.62 bits per heavy atom. The molecule has 1 aromatic carbocycles. The van der Waals surface area contributed by atoms with Crippen molar-refractivity contribution in [3.63, 3.8) is 0 Å². The number of hydrogen-bond acceptors (Lipinski definition) is 2. The van der Waals surface area contributed by atoms with Gasteiger partial charge in [0.05, 0.1) is 6.04 Å². The second-order valence-corrected chi connectivity index (χ2v) is 5.94. The van der Waals surface area contributed by atoms with Crippen molar-refractivity contribution in [2.45, 2.75) is 6.04 Å². The minimum Gasteiger partial charge on any atom is -0.452 e. The third kappa shape index (κ3) is 2.77. The zero-order valence-corrected chi connectivity index (χ0v) is 12.8. The molecule has 2 N–H and O–H groups in total. The van der Waals surface area contributed by atoms with Crippen molar-refractivity contribution in [3.8, 4) is 0 Å². The maximum atomic E-state index is 6.11. The smallest absolute Gasteiger partial charge is 0.169 e. The van der Waals surface area contributed by atoms with Gasteiger partial charge in [-0.3, -0.25) is 0 Å². The molecule has 0 aliphatic heterocycles. The normalized spacial score (nSPS) is 12.8. The molecule has 1 unspecified atom stereocenters. The van der Waals surface area contributed by atoms with E-state index in [2.05, 4.69) is 47.8 Å². The predicted octanol–water partition coefficient (Wildman–Crippen LogP) is 4.62. The van der Waals surface area contributed by atoms with Crippen LogP contribution in [0.2, 0.25) is 0 Å². The lowest BCUT2D eigenvalue weighted by molar-refractivity contribution is 0.470. The molecule has 0 amide bonds. The summed E-state index contributed by atoms with van der Waals surface area (Å²) in [5, 5.41) is 0. The van der Waals surface area contributed by atoms with E-state index in [1.165, 1.54) is 0 Å². The van der Waals surface area contributed by atoms with Crippen LogP contribution in [0, 0.1) is 0 Å². The molecule has 0 fully saturated rings. The Bertz CT molecular complexity index is 489. The lowest BCUT2D eigenvalue weighted by Gasteiger charge is -2.10. The first-order chi connectivity index (χ1) is 7.56. The fourth-order valence-electron chi connectivity index (χ4n) is 1.41. The van der Waals surface area contributed by atoms with E-state index >= 15 is 0 Å². The zero-order valence-electron chi connectivity index (χ0n) is 8.08. The maximum absolute atomic E-state index is 6.11. The van der Waals surface area contributed by atoms with Gasteiger partial charge in [0, 0.05) is 8.95 Å². The van der Waals surface area contributed by atoms with Crippen LogP contribution in [-0.4, -0.2) is 0 Å². The van der Waals surface area contributed by atoms with E-state index in [-0.39, 0.29) is 6.04 Å². The van der Waals surface area contributed by atoms with Gasteiger partial charge in [0.2, 0.25) is 0 Å². The molecule has 0 bridgehead atoms. The number of halogens is 3. The molecule has 2 rings (SSSR count). The first-order valence-corrected chi connectivity index (χ1v) is 6.91. The standard InChI is InChI=1S/C11H8Br3NO/c12-7-3-6(4-8(13)5-7)11(15)9-1-2-10(14)16-9/h1-5,11H,15H2. The van der Waals surface area contributed by atoms with Crippen LogP contribution in [0.15, 0.2) is 48.4 Å². The van der Waals surface area contributed by atoms with E-state index in [1.807, 2.05) is 30.3 Å². The van der Waals surface area contributed by atoms with Crippen LogP contribution in [0.25, 0.3) is 0 Å². The van der Waals surface area contributed by atoms with E-state index in [9.17, 15) is 0 Å². The summed E-state index contributed by atoms with van der Waals surface area (Å²) < 4.78 is 8.10. The molecule has 0 saturated heterocycles. The second-order valence-electron chi connectivity index (χ2n) is 3.32. The maximum Gasteiger partial charge on any atom is 0.169 e. The molecule has 0 saturated carbocycles. The lowest BCUT2D eigenvalue weighted by Crippen LogP contribution is -2.10. The van der Waals surface area contributed by atoms with Gasteiger partial charge in [0.15, 0.2) is 4.67 Å². The highest BCUT2D eigenvalue weighted by Gasteiger charge is 2.13. The van der Waals surface area contributed by atoms with Crippen molar-refractivity contribution in [1.29, 1.82) is 0 Å². The van der Waals surface area contributed by atoms with Gasteiger partial charge in [0.1, 0.15) is 5.76 Å². The van der Waals surface area contributed by atoms with Crippen molar-refractivity contribution in [3.05, 3.63) is 55.3 Å². The lowest BCUT2D eigenvalue weighted by atomic mass is 10.1. The zero-order chi connectivity index (χ0) is 11.7. The average molecular weight is 410 g/mol. The van der Waals surface area contributed by atoms with Crippen molar-refractivity contribution < 1.29 is 4.42 Å². The average Bonchev–Trinajstić information content (AvgIpc) is 2.62. The summed E-state index contributed by atoms with van der Waals surface area (Å²) in [5.41, 5.74) is 7.10. The summed E-state index contributed by atoms with van der Waals surface area (Å²) in [7, 11) is 0. The highest BCUT2D eigenvalue weighted by Crippen LogP contribution is 2.28. The van der Waals surface area contributed by atoms with Crippen molar-refractivity contribution in [2.24, 2.45) is 5.73 Å². The van der Waals surface area contributed by atoms with Crippen LogP contribution in [0.3, 0.4) is 0 Å². The van der Waals surface area contributed by atoms with E-state index < -0.39 is 0 Å². The molecule has 16 heavy (non-hydrogen) atoms. The first-order valence-electron chi connectivity index (χ1n) is 4.53. The Morgan fingerprint density at radius 1 is 1.00 bits per heavy atom. The predicted molar refractivity (Wildman–Crippen MR) is 74.3 cm³/mol. The van der Waals surface area contributed by atoms with Gasteiger partial charge in [-0.1, -0.05) is 31.9 Å². The van der Waals surface area contributed by atoms with Gasteiger partial charge in [-0.25, -0.2) is 0 Å². The molecule has 0 aliphatic rings. The van der Waals surface area contributed by atoms with Crippen LogP contribution in [0.5, 0.6) is 0 Å². The van der Waals surface area contributed by atoms with Crippen LogP contribution >= 0.6 is 47.8 Å². The van der Waals surface area contributed by atoms with Gasteiger partial charge >= 0.3 is 0 Å². The highest BCUT2D eigenvalue weighted by molar-refractivity contribution is 9.11. The van der Waals surface area contributed by atoms with E-state index in [4.69, 9.17) is 10.2 Å². The second kappa shape index (κ2) is 5.04. The first kappa shape index (κ1) is 12.4. The summed E-state index contributed by atoms with van der Waals surface area (Å²) in [4.78, 5) is 0. The number of furan rings is 1. The summed E-state index contributed by atoms with van der Waals surface area (Å²) in [6.07, 6.45) is 0. The molecule has 5 heteroatoms. The molecule has 1 aromatic heterocycles. The van der Waals surface area contributed by atoms with Crippen LogP contribution in [-0.2, 0) is 0 Å². The van der Waals surface area contributed by atoms with E-state index in [0.29, 0.717) is 4.67 Å². The summed E-state index contributed by atoms with van der Waals surface area (Å²) in [5.74, 6) is 0.733. The molecule has 0 spiro atoms. The Kier molecular flexibility index (Phi) is 3.89. The third-order valence-corrected chi connectivity index (χ3v) is 3.49. The highest BCUT2D eigenvalue weighted by atomic mass is 79.9. The third-order valence-electron chi connectivity index (χ3n) is 2.14. The van der Waals surface area contributed by atoms with Gasteiger partial charge < -0.3 is 10.2 Å². The van der Waals surface area contributed by atoms with Crippen LogP contribution in [0.1, 0.15) is 17.4 Å². The summed E-state index contributed by atoms with van der Waals surface area (Å²) >= 11 is 10.1. The van der Waals surface area contributed by atoms with Gasteiger partial charge in [-0.15, -0.1) is 0 Å². The van der Waals surface area contributed by atoms with Crippen molar-refractivity contribution >= 4 is 47.8 Å². The number of hydrogen-bond donors (Lipinski definition) is 1. The Labute approximate surface area is 119 Å². The molecule has 1 heterocycles. The Balaban J connectivity index is 2.37. The molecule has 84 valence electrons. The number of benzene rings is 1. The van der Waals surface area contributed by atoms with Crippen molar-refractivity contribution in [1.82, 2.24) is 0 Å². The number of nitrogens with two attached hydrogens (primary N) is 1. The quantitative estimate of drug-likeness (QED) is 0.786. The van der Waals surface area contributed by atoms with Gasteiger partial charge in [0.25, 0.3) is 0 Å². The van der Waals surface area contributed by atoms with Gasteiger partial charge in [-0.05, 0) is 51.8 Å². The molecule has 2 aromatic rings. The monoisotopic (exact) mass is 407 g/mol. The van der Waals surface area contributed by atoms with Gasteiger partial charge in [-0.2, -0.15) is 0 Å². The minimum atomic E-state index is -0.264. The largest absolute Gasteiger partial charge is 0.452 e. The summed E-state index contributed by atoms with van der Waals surface area (Å²) in [6.45, 7) is 0. The SMILES string of the molecule is NC(c1cc(Br)cc(Br)c1)c1ccc(Br)o1. The fraction of sp³-hybridized carbons (Fsp3) is 0.0909. The molecular weight excluding hydrogens is 402 g/mol. The molecule has 2 nitrogen and oxygen atoms in total. The van der Waals surface area contributed by atoms with E-state index in [1.54, 1.807) is 0 Å². The minimum absolute atomic E-state index is 0.264. The Hall–Kier alpha value is -0.100. The summed E-state index contributed by atoms with van der Waals surface area (Å²) in [6, 6.07) is 9.36. The van der Waals surface area contributed by atoms with Crippen LogP contribution < -0.4 is 5.73 Å². The Morgan fingerprint density at radius 3 is 2.12 bits per heavy atom. The fourth-order valence-corrected chi connectivity index (χ4v) is 3.06. The number of rotatable bonds is 2. The topological polar surface area (TPSA) is 39.2 Å². The van der Waals surface area contributed by atoms with Crippen molar-refractivity contribution in [2.75, 3.05) is 0 Å². The molecule has 0 aliphatic carbocycles. The van der Waals surface area contributed by atoms with E-state index in [0.717, 1.165) is 20.3 Å². The molecular formula is C11H8Br3NO.